The molecule has 1 unspecified atom stereocenters. The standard InChI is InChI=1S/C26H28Cl2N6O/c1-15-10-17(5-8-24(15)33-9-3-4-19(33)14-35)23-13-30-25-22(12-29)32-34(26(25)31-23)16(2)20-7-6-18(27)11-21(20)28/h5-7,11,13,15-16,19,24,35H,3-4,8-10,14H2,1-2H3/t15-,16-,19+,24?/m1/s1. The number of aliphatic hydroxyl groups is 1. The normalized spacial score (nSPS) is 23.9. The van der Waals surface area contributed by atoms with Gasteiger partial charge in [0, 0.05) is 22.1 Å². The molecule has 0 amide bonds. The Bertz CT molecular complexity index is 1330. The average Bonchev–Trinajstić information content (AvgIpc) is 3.47. The van der Waals surface area contributed by atoms with Crippen molar-refractivity contribution in [1.29, 1.82) is 5.26 Å². The molecule has 9 heteroatoms. The minimum atomic E-state index is -0.261. The Morgan fingerprint density at radius 2 is 2.14 bits per heavy atom. The number of aromatic nitrogens is 4. The third-order valence-electron chi connectivity index (χ3n) is 7.48. The fourth-order valence-electron chi connectivity index (χ4n) is 5.60. The van der Waals surface area contributed by atoms with Crippen molar-refractivity contribution in [3.8, 4) is 6.07 Å². The highest BCUT2D eigenvalue weighted by atomic mass is 35.5. The fourth-order valence-corrected chi connectivity index (χ4v) is 6.17. The van der Waals surface area contributed by atoms with E-state index in [1.165, 1.54) is 0 Å². The summed E-state index contributed by atoms with van der Waals surface area (Å²) in [6.45, 7) is 5.52. The summed E-state index contributed by atoms with van der Waals surface area (Å²) < 4.78 is 1.73. The van der Waals surface area contributed by atoms with Gasteiger partial charge in [0.1, 0.15) is 11.6 Å². The molecule has 1 saturated heterocycles. The van der Waals surface area contributed by atoms with Gasteiger partial charge in [-0.2, -0.15) is 10.4 Å². The van der Waals surface area contributed by atoms with Crippen LogP contribution in [0.3, 0.4) is 0 Å². The van der Waals surface area contributed by atoms with Crippen molar-refractivity contribution >= 4 is 39.9 Å². The molecule has 2 aliphatic rings. The van der Waals surface area contributed by atoms with E-state index in [4.69, 9.17) is 28.2 Å². The lowest BCUT2D eigenvalue weighted by molar-refractivity contribution is 0.0910. The summed E-state index contributed by atoms with van der Waals surface area (Å²) >= 11 is 12.5. The predicted octanol–water partition coefficient (Wildman–Crippen LogP) is 5.25. The molecule has 3 heterocycles. The number of nitriles is 1. The van der Waals surface area contributed by atoms with Crippen molar-refractivity contribution in [2.45, 2.75) is 57.7 Å². The molecule has 4 atom stereocenters. The summed E-state index contributed by atoms with van der Waals surface area (Å²) in [5.74, 6) is 0.436. The molecule has 7 nitrogen and oxygen atoms in total. The molecule has 0 saturated carbocycles. The van der Waals surface area contributed by atoms with Crippen LogP contribution in [0.15, 0.2) is 30.5 Å². The first-order chi connectivity index (χ1) is 16.9. The Hall–Kier alpha value is -2.50. The number of hydrogen-bond acceptors (Lipinski definition) is 6. The third kappa shape index (κ3) is 4.45. The van der Waals surface area contributed by atoms with Crippen molar-refractivity contribution in [3.63, 3.8) is 0 Å². The van der Waals surface area contributed by atoms with E-state index in [0.29, 0.717) is 33.2 Å². The number of rotatable bonds is 5. The summed E-state index contributed by atoms with van der Waals surface area (Å²) in [5.41, 5.74) is 4.10. The molecule has 3 aromatic rings. The van der Waals surface area contributed by atoms with Gasteiger partial charge >= 0.3 is 0 Å². The summed E-state index contributed by atoms with van der Waals surface area (Å²) in [7, 11) is 0. The van der Waals surface area contributed by atoms with E-state index in [2.05, 4.69) is 34.1 Å². The second-order valence-electron chi connectivity index (χ2n) is 9.60. The lowest BCUT2D eigenvalue weighted by atomic mass is 9.83. The van der Waals surface area contributed by atoms with Crippen LogP contribution in [0.4, 0.5) is 0 Å². The molecular weight excluding hydrogens is 483 g/mol. The Labute approximate surface area is 215 Å². The number of benzene rings is 1. The highest BCUT2D eigenvalue weighted by Gasteiger charge is 2.35. The van der Waals surface area contributed by atoms with Gasteiger partial charge in [0.25, 0.3) is 0 Å². The predicted molar refractivity (Wildman–Crippen MR) is 137 cm³/mol. The topological polar surface area (TPSA) is 90.9 Å². The summed E-state index contributed by atoms with van der Waals surface area (Å²) in [6.07, 6.45) is 8.04. The van der Waals surface area contributed by atoms with E-state index in [1.54, 1.807) is 23.0 Å². The van der Waals surface area contributed by atoms with Crippen molar-refractivity contribution in [2.75, 3.05) is 13.2 Å². The second-order valence-corrected chi connectivity index (χ2v) is 10.4. The van der Waals surface area contributed by atoms with Gasteiger partial charge in [0.05, 0.1) is 24.5 Å². The Morgan fingerprint density at radius 1 is 1.31 bits per heavy atom. The van der Waals surface area contributed by atoms with Crippen LogP contribution in [0, 0.1) is 17.2 Å². The third-order valence-corrected chi connectivity index (χ3v) is 8.04. The van der Waals surface area contributed by atoms with Gasteiger partial charge in [-0.15, -0.1) is 0 Å². The first-order valence-corrected chi connectivity index (χ1v) is 12.8. The van der Waals surface area contributed by atoms with Gasteiger partial charge in [0.2, 0.25) is 0 Å². The minimum absolute atomic E-state index is 0.225. The molecule has 5 rings (SSSR count). The van der Waals surface area contributed by atoms with Gasteiger partial charge in [-0.3, -0.25) is 4.90 Å². The van der Waals surface area contributed by atoms with Crippen LogP contribution < -0.4 is 0 Å². The molecular formula is C26H28Cl2N6O. The largest absolute Gasteiger partial charge is 0.395 e. The maximum atomic E-state index is 9.77. The average molecular weight is 511 g/mol. The number of hydrogen-bond donors (Lipinski definition) is 1. The highest BCUT2D eigenvalue weighted by Crippen LogP contribution is 2.36. The molecule has 1 N–H and O–H groups in total. The van der Waals surface area contributed by atoms with E-state index in [-0.39, 0.29) is 24.4 Å². The maximum absolute atomic E-state index is 9.77. The van der Waals surface area contributed by atoms with Crippen LogP contribution in [-0.2, 0) is 0 Å². The second kappa shape index (κ2) is 9.87. The zero-order valence-corrected chi connectivity index (χ0v) is 21.3. The molecule has 1 aromatic carbocycles. The fraction of sp³-hybridized carbons (Fsp3) is 0.462. The lowest BCUT2D eigenvalue weighted by Gasteiger charge is -2.38. The van der Waals surface area contributed by atoms with Crippen LogP contribution in [-0.4, -0.2) is 55.0 Å². The molecule has 35 heavy (non-hydrogen) atoms. The van der Waals surface area contributed by atoms with Crippen LogP contribution >= 0.6 is 23.2 Å². The van der Waals surface area contributed by atoms with E-state index in [0.717, 1.165) is 49.1 Å². The van der Waals surface area contributed by atoms with Gasteiger partial charge in [-0.1, -0.05) is 42.3 Å². The monoisotopic (exact) mass is 510 g/mol. The molecule has 1 aliphatic heterocycles. The molecule has 0 bridgehead atoms. The molecule has 182 valence electrons. The van der Waals surface area contributed by atoms with Crippen molar-refractivity contribution < 1.29 is 5.11 Å². The molecule has 0 radical (unpaired) electrons. The van der Waals surface area contributed by atoms with Gasteiger partial charge < -0.3 is 5.11 Å². The van der Waals surface area contributed by atoms with E-state index in [1.807, 2.05) is 13.0 Å². The first kappa shape index (κ1) is 24.2. The Kier molecular flexibility index (Phi) is 6.82. The number of fused-ring (bicyclic) bond motifs is 1. The summed E-state index contributed by atoms with van der Waals surface area (Å²) in [4.78, 5) is 12.0. The van der Waals surface area contributed by atoms with E-state index in [9.17, 15) is 10.4 Å². The van der Waals surface area contributed by atoms with Crippen molar-refractivity contribution in [3.05, 3.63) is 57.5 Å². The smallest absolute Gasteiger partial charge is 0.190 e. The number of aliphatic hydroxyl groups excluding tert-OH is 1. The molecule has 1 aliphatic carbocycles. The quantitative estimate of drug-likeness (QED) is 0.503. The van der Waals surface area contributed by atoms with Crippen molar-refractivity contribution in [1.82, 2.24) is 24.6 Å². The van der Waals surface area contributed by atoms with E-state index < -0.39 is 0 Å². The first-order valence-electron chi connectivity index (χ1n) is 12.1. The van der Waals surface area contributed by atoms with Gasteiger partial charge in [-0.25, -0.2) is 14.6 Å². The highest BCUT2D eigenvalue weighted by molar-refractivity contribution is 6.35. The SMILES string of the molecule is C[C@@H]1CC(c2cnc3c(C#N)nn([C@H](C)c4ccc(Cl)cc4Cl)c3n2)=CCC1N1CCC[C@H]1CO. The molecule has 2 aromatic heterocycles. The lowest BCUT2D eigenvalue weighted by Crippen LogP contribution is -2.45. The number of halogens is 2. The van der Waals surface area contributed by atoms with Crippen LogP contribution in [0.25, 0.3) is 16.7 Å². The number of likely N-dealkylation sites (tertiary alicyclic amines) is 1. The molecule has 1 fully saturated rings. The van der Waals surface area contributed by atoms with Gasteiger partial charge in [0.15, 0.2) is 11.3 Å². The van der Waals surface area contributed by atoms with E-state index >= 15 is 0 Å². The zero-order valence-electron chi connectivity index (χ0n) is 19.8. The van der Waals surface area contributed by atoms with Crippen LogP contribution in [0.1, 0.15) is 62.5 Å². The van der Waals surface area contributed by atoms with Crippen LogP contribution in [0.5, 0.6) is 0 Å². The summed E-state index contributed by atoms with van der Waals surface area (Å²) in [5, 5.41) is 25.0. The number of nitrogens with zero attached hydrogens (tertiary/aromatic N) is 6. The number of allylic oxidation sites excluding steroid dienone is 1. The zero-order chi connectivity index (χ0) is 24.7. The van der Waals surface area contributed by atoms with Gasteiger partial charge in [-0.05, 0) is 68.3 Å². The Morgan fingerprint density at radius 3 is 2.86 bits per heavy atom. The maximum Gasteiger partial charge on any atom is 0.190 e. The van der Waals surface area contributed by atoms with Crippen molar-refractivity contribution in [2.24, 2.45) is 5.92 Å². The summed E-state index contributed by atoms with van der Waals surface area (Å²) in [6, 6.07) is 7.95. The minimum Gasteiger partial charge on any atom is -0.395 e. The van der Waals surface area contributed by atoms with Crippen LogP contribution in [0.2, 0.25) is 10.0 Å². The Balaban J connectivity index is 1.49. The molecule has 0 spiro atoms.